The minimum Gasteiger partial charge on any atom is -0.381 e. The third-order valence-corrected chi connectivity index (χ3v) is 5.33. The van der Waals surface area contributed by atoms with Gasteiger partial charge in [0.1, 0.15) is 0 Å². The standard InChI is InChI=1S/C26H26F3NO3/c1-4-23-20(11-14-25(24(23)5-2)33-32-17(3)31)16-30-22-8-6-7-19(15-22)18-9-12-21(13-10-18)26(27,28)29/h6-15,30H,4-5,16H2,1-3H3. The highest BCUT2D eigenvalue weighted by molar-refractivity contribution is 5.68. The van der Waals surface area contributed by atoms with Crippen LogP contribution < -0.4 is 10.2 Å². The van der Waals surface area contributed by atoms with E-state index in [9.17, 15) is 18.0 Å². The van der Waals surface area contributed by atoms with Gasteiger partial charge < -0.3 is 5.32 Å². The van der Waals surface area contributed by atoms with Crippen molar-refractivity contribution < 1.29 is 27.7 Å². The van der Waals surface area contributed by atoms with Gasteiger partial charge in [0.25, 0.3) is 0 Å². The molecule has 0 bridgehead atoms. The third kappa shape index (κ3) is 6.06. The molecule has 33 heavy (non-hydrogen) atoms. The number of carbonyl (C=O) groups excluding carboxylic acids is 1. The van der Waals surface area contributed by atoms with Crippen LogP contribution in [0.15, 0.2) is 60.7 Å². The molecular weight excluding hydrogens is 431 g/mol. The molecule has 0 unspecified atom stereocenters. The van der Waals surface area contributed by atoms with E-state index in [-0.39, 0.29) is 0 Å². The zero-order valence-electron chi connectivity index (χ0n) is 18.8. The number of hydrogen-bond acceptors (Lipinski definition) is 4. The summed E-state index contributed by atoms with van der Waals surface area (Å²) in [6.45, 7) is 5.91. The molecular formula is C26H26F3NO3. The van der Waals surface area contributed by atoms with Crippen molar-refractivity contribution in [2.45, 2.75) is 46.3 Å². The maximum Gasteiger partial charge on any atom is 0.416 e. The molecule has 3 rings (SSSR count). The van der Waals surface area contributed by atoms with E-state index in [4.69, 9.17) is 9.78 Å². The van der Waals surface area contributed by atoms with Gasteiger partial charge >= 0.3 is 12.1 Å². The lowest BCUT2D eigenvalue weighted by Gasteiger charge is -2.17. The Bertz CT molecular complexity index is 1110. The molecule has 4 nitrogen and oxygen atoms in total. The molecule has 0 aliphatic heterocycles. The average Bonchev–Trinajstić information content (AvgIpc) is 2.80. The van der Waals surface area contributed by atoms with Crippen LogP contribution in [0.3, 0.4) is 0 Å². The molecule has 0 saturated heterocycles. The fraction of sp³-hybridized carbons (Fsp3) is 0.269. The quantitative estimate of drug-likeness (QED) is 0.293. The Kier molecular flexibility index (Phi) is 7.63. The maximum absolute atomic E-state index is 12.8. The van der Waals surface area contributed by atoms with Crippen molar-refractivity contribution in [1.29, 1.82) is 0 Å². The Morgan fingerprint density at radius 2 is 1.61 bits per heavy atom. The minimum atomic E-state index is -4.35. The summed E-state index contributed by atoms with van der Waals surface area (Å²) in [5, 5.41) is 3.40. The van der Waals surface area contributed by atoms with E-state index in [2.05, 4.69) is 12.2 Å². The first-order valence-corrected chi connectivity index (χ1v) is 10.7. The van der Waals surface area contributed by atoms with Crippen molar-refractivity contribution >= 4 is 11.7 Å². The normalized spacial score (nSPS) is 11.2. The Hall–Kier alpha value is -3.48. The van der Waals surface area contributed by atoms with Gasteiger partial charge in [-0.25, -0.2) is 4.79 Å². The number of carbonyl (C=O) groups is 1. The van der Waals surface area contributed by atoms with Crippen LogP contribution in [0, 0.1) is 0 Å². The summed E-state index contributed by atoms with van der Waals surface area (Å²) in [5.74, 6) is 0.00590. The maximum atomic E-state index is 12.8. The van der Waals surface area contributed by atoms with Crippen LogP contribution in [0.2, 0.25) is 0 Å². The lowest BCUT2D eigenvalue weighted by Crippen LogP contribution is -2.09. The van der Waals surface area contributed by atoms with Gasteiger partial charge in [0.15, 0.2) is 5.75 Å². The highest BCUT2D eigenvalue weighted by Gasteiger charge is 2.29. The van der Waals surface area contributed by atoms with Crippen LogP contribution in [0.1, 0.15) is 43.0 Å². The molecule has 0 aromatic heterocycles. The molecule has 3 aromatic carbocycles. The van der Waals surface area contributed by atoms with E-state index >= 15 is 0 Å². The van der Waals surface area contributed by atoms with Crippen LogP contribution in [-0.2, 0) is 35.2 Å². The van der Waals surface area contributed by atoms with Crippen molar-refractivity contribution in [3.63, 3.8) is 0 Å². The summed E-state index contributed by atoms with van der Waals surface area (Å²) < 4.78 is 38.5. The SMILES string of the molecule is CCc1c(CNc2cccc(-c3ccc(C(F)(F)F)cc3)c2)ccc(OOC(C)=O)c1CC. The number of benzene rings is 3. The van der Waals surface area contributed by atoms with Crippen molar-refractivity contribution in [2.75, 3.05) is 5.32 Å². The fourth-order valence-corrected chi connectivity index (χ4v) is 3.75. The zero-order valence-corrected chi connectivity index (χ0v) is 18.8. The van der Waals surface area contributed by atoms with Gasteiger partial charge in [-0.15, -0.1) is 0 Å². The first-order chi connectivity index (χ1) is 15.7. The molecule has 0 heterocycles. The number of nitrogens with one attached hydrogen (secondary N) is 1. The zero-order chi connectivity index (χ0) is 24.0. The molecule has 0 fully saturated rings. The van der Waals surface area contributed by atoms with Crippen LogP contribution >= 0.6 is 0 Å². The van der Waals surface area contributed by atoms with Crippen molar-refractivity contribution in [2.24, 2.45) is 0 Å². The van der Waals surface area contributed by atoms with Crippen molar-refractivity contribution in [3.05, 3.63) is 82.9 Å². The first kappa shape index (κ1) is 24.2. The molecule has 1 N–H and O–H groups in total. The van der Waals surface area contributed by atoms with Crippen LogP contribution in [0.5, 0.6) is 5.75 Å². The largest absolute Gasteiger partial charge is 0.416 e. The second-order valence-electron chi connectivity index (χ2n) is 7.55. The van der Waals surface area contributed by atoms with E-state index < -0.39 is 17.7 Å². The lowest BCUT2D eigenvalue weighted by atomic mass is 9.96. The van der Waals surface area contributed by atoms with Gasteiger partial charge in [0, 0.05) is 24.7 Å². The van der Waals surface area contributed by atoms with Crippen molar-refractivity contribution in [3.8, 4) is 16.9 Å². The highest BCUT2D eigenvalue weighted by atomic mass is 19.4. The monoisotopic (exact) mass is 457 g/mol. The predicted molar refractivity (Wildman–Crippen MR) is 122 cm³/mol. The van der Waals surface area contributed by atoms with Crippen molar-refractivity contribution in [1.82, 2.24) is 0 Å². The third-order valence-electron chi connectivity index (χ3n) is 5.33. The van der Waals surface area contributed by atoms with Crippen LogP contribution in [0.4, 0.5) is 18.9 Å². The number of rotatable bonds is 8. The van der Waals surface area contributed by atoms with E-state index in [1.807, 2.05) is 37.3 Å². The minimum absolute atomic E-state index is 0.520. The summed E-state index contributed by atoms with van der Waals surface area (Å²) in [6, 6.07) is 16.4. The highest BCUT2D eigenvalue weighted by Crippen LogP contribution is 2.32. The fourth-order valence-electron chi connectivity index (χ4n) is 3.75. The summed E-state index contributed by atoms with van der Waals surface area (Å²) in [4.78, 5) is 21.0. The Labute approximate surface area is 191 Å². The lowest BCUT2D eigenvalue weighted by molar-refractivity contribution is -0.211. The summed E-state index contributed by atoms with van der Waals surface area (Å²) >= 11 is 0. The van der Waals surface area contributed by atoms with Gasteiger partial charge in [-0.2, -0.15) is 13.2 Å². The summed E-state index contributed by atoms with van der Waals surface area (Å²) in [7, 11) is 0. The molecule has 0 spiro atoms. The molecule has 0 amide bonds. The molecule has 0 aliphatic rings. The Morgan fingerprint density at radius 1 is 0.909 bits per heavy atom. The summed E-state index contributed by atoms with van der Waals surface area (Å²) in [5.41, 5.74) is 4.91. The van der Waals surface area contributed by atoms with E-state index in [0.29, 0.717) is 17.9 Å². The Morgan fingerprint density at radius 3 is 2.21 bits per heavy atom. The van der Waals surface area contributed by atoms with Crippen LogP contribution in [-0.4, -0.2) is 5.97 Å². The number of halogens is 3. The van der Waals surface area contributed by atoms with Gasteiger partial charge in [-0.1, -0.05) is 44.2 Å². The van der Waals surface area contributed by atoms with E-state index in [1.165, 1.54) is 19.1 Å². The molecule has 0 atom stereocenters. The molecule has 0 saturated carbocycles. The second-order valence-corrected chi connectivity index (χ2v) is 7.55. The number of hydrogen-bond donors (Lipinski definition) is 1. The molecule has 174 valence electrons. The van der Waals surface area contributed by atoms with Gasteiger partial charge in [0.2, 0.25) is 0 Å². The van der Waals surface area contributed by atoms with E-state index in [1.54, 1.807) is 6.07 Å². The number of anilines is 1. The van der Waals surface area contributed by atoms with E-state index in [0.717, 1.165) is 52.9 Å². The molecule has 7 heteroatoms. The first-order valence-electron chi connectivity index (χ1n) is 10.7. The average molecular weight is 457 g/mol. The Balaban J connectivity index is 1.78. The molecule has 0 radical (unpaired) electrons. The molecule has 0 aliphatic carbocycles. The number of alkyl halides is 3. The predicted octanol–water partition coefficient (Wildman–Crippen LogP) is 6.97. The molecule has 3 aromatic rings. The van der Waals surface area contributed by atoms with Gasteiger partial charge in [-0.3, -0.25) is 9.78 Å². The van der Waals surface area contributed by atoms with Crippen LogP contribution in [0.25, 0.3) is 11.1 Å². The summed E-state index contributed by atoms with van der Waals surface area (Å²) in [6.07, 6.45) is -2.85. The second kappa shape index (κ2) is 10.4. The smallest absolute Gasteiger partial charge is 0.381 e. The topological polar surface area (TPSA) is 47.6 Å². The van der Waals surface area contributed by atoms with Gasteiger partial charge in [-0.05, 0) is 65.4 Å². The van der Waals surface area contributed by atoms with Gasteiger partial charge in [0.05, 0.1) is 5.56 Å².